The second kappa shape index (κ2) is 6.09. The van der Waals surface area contributed by atoms with Crippen LogP contribution in [0.4, 0.5) is 4.79 Å². The van der Waals surface area contributed by atoms with Crippen LogP contribution in [-0.2, 0) is 0 Å². The average molecular weight is 227 g/mol. The van der Waals surface area contributed by atoms with Crippen molar-refractivity contribution in [2.75, 3.05) is 19.6 Å². The van der Waals surface area contributed by atoms with Crippen LogP contribution >= 0.6 is 0 Å². The molecule has 16 heavy (non-hydrogen) atoms. The summed E-state index contributed by atoms with van der Waals surface area (Å²) in [4.78, 5) is 13.7. The van der Waals surface area contributed by atoms with Crippen LogP contribution in [0.15, 0.2) is 0 Å². The SMILES string of the molecule is CCC(N)(CC)CNC(=O)N1CCCCC1. The Bertz CT molecular complexity index is 220. The molecule has 0 aromatic rings. The summed E-state index contributed by atoms with van der Waals surface area (Å²) in [6, 6.07) is 0.0522. The summed E-state index contributed by atoms with van der Waals surface area (Å²) in [7, 11) is 0. The van der Waals surface area contributed by atoms with Gasteiger partial charge in [-0.1, -0.05) is 13.8 Å². The number of amides is 2. The van der Waals surface area contributed by atoms with Crippen molar-refractivity contribution in [3.63, 3.8) is 0 Å². The standard InChI is InChI=1S/C12H25N3O/c1-3-12(13,4-2)10-14-11(16)15-8-6-5-7-9-15/h3-10,13H2,1-2H3,(H,14,16). The lowest BCUT2D eigenvalue weighted by Crippen LogP contribution is -2.52. The van der Waals surface area contributed by atoms with Crippen LogP contribution in [0.1, 0.15) is 46.0 Å². The molecule has 0 aromatic carbocycles. The molecule has 1 aliphatic heterocycles. The first-order valence-electron chi connectivity index (χ1n) is 6.43. The number of nitrogens with one attached hydrogen (secondary N) is 1. The Morgan fingerprint density at radius 2 is 1.81 bits per heavy atom. The third kappa shape index (κ3) is 3.67. The first kappa shape index (κ1) is 13.3. The van der Waals surface area contributed by atoms with Crippen molar-refractivity contribution in [2.24, 2.45) is 5.73 Å². The minimum Gasteiger partial charge on any atom is -0.336 e. The second-order valence-corrected chi connectivity index (χ2v) is 4.78. The van der Waals surface area contributed by atoms with Gasteiger partial charge in [-0.25, -0.2) is 4.79 Å². The molecule has 0 spiro atoms. The highest BCUT2D eigenvalue weighted by Crippen LogP contribution is 2.11. The van der Waals surface area contributed by atoms with Gasteiger partial charge in [-0.2, -0.15) is 0 Å². The number of likely N-dealkylation sites (tertiary alicyclic amines) is 1. The van der Waals surface area contributed by atoms with Crippen LogP contribution in [0.2, 0.25) is 0 Å². The molecule has 0 aromatic heterocycles. The molecule has 1 saturated heterocycles. The highest BCUT2D eigenvalue weighted by Gasteiger charge is 2.23. The second-order valence-electron chi connectivity index (χ2n) is 4.78. The molecule has 94 valence electrons. The third-order valence-electron chi connectivity index (χ3n) is 3.64. The van der Waals surface area contributed by atoms with Gasteiger partial charge in [0.25, 0.3) is 0 Å². The molecule has 2 amide bonds. The Morgan fingerprint density at radius 3 is 2.31 bits per heavy atom. The molecule has 3 N–H and O–H groups in total. The summed E-state index contributed by atoms with van der Waals surface area (Å²) < 4.78 is 0. The molecule has 4 heteroatoms. The maximum atomic E-state index is 11.8. The van der Waals surface area contributed by atoms with Crippen molar-refractivity contribution >= 4 is 6.03 Å². The van der Waals surface area contributed by atoms with E-state index in [-0.39, 0.29) is 11.6 Å². The van der Waals surface area contributed by atoms with Crippen LogP contribution in [0.3, 0.4) is 0 Å². The molecule has 1 aliphatic rings. The van der Waals surface area contributed by atoms with E-state index in [9.17, 15) is 4.79 Å². The van der Waals surface area contributed by atoms with E-state index < -0.39 is 0 Å². The molecule has 1 rings (SSSR count). The fourth-order valence-corrected chi connectivity index (χ4v) is 1.96. The largest absolute Gasteiger partial charge is 0.336 e. The lowest BCUT2D eigenvalue weighted by atomic mass is 9.94. The van der Waals surface area contributed by atoms with Crippen LogP contribution < -0.4 is 11.1 Å². The Morgan fingerprint density at radius 1 is 1.25 bits per heavy atom. The molecule has 0 atom stereocenters. The molecular formula is C12H25N3O. The van der Waals surface area contributed by atoms with E-state index in [1.807, 2.05) is 4.90 Å². The molecule has 1 fully saturated rings. The topological polar surface area (TPSA) is 58.4 Å². The minimum absolute atomic E-state index is 0.0522. The van der Waals surface area contributed by atoms with Gasteiger partial charge in [-0.05, 0) is 32.1 Å². The Balaban J connectivity index is 2.33. The predicted molar refractivity (Wildman–Crippen MR) is 66.3 cm³/mol. The van der Waals surface area contributed by atoms with Gasteiger partial charge < -0.3 is 16.0 Å². The minimum atomic E-state index is -0.245. The van der Waals surface area contributed by atoms with Gasteiger partial charge in [-0.3, -0.25) is 0 Å². The lowest BCUT2D eigenvalue weighted by Gasteiger charge is -2.31. The van der Waals surface area contributed by atoms with Crippen LogP contribution in [0.5, 0.6) is 0 Å². The number of carbonyl (C=O) groups excluding carboxylic acids is 1. The highest BCUT2D eigenvalue weighted by molar-refractivity contribution is 5.74. The summed E-state index contributed by atoms with van der Waals surface area (Å²) in [6.45, 7) is 6.49. The average Bonchev–Trinajstić information content (AvgIpc) is 2.36. The van der Waals surface area contributed by atoms with E-state index in [1.165, 1.54) is 6.42 Å². The Kier molecular flexibility index (Phi) is 5.06. The fraction of sp³-hybridized carbons (Fsp3) is 0.917. The number of hydrogen-bond acceptors (Lipinski definition) is 2. The number of hydrogen-bond donors (Lipinski definition) is 2. The number of carbonyl (C=O) groups is 1. The van der Waals surface area contributed by atoms with Gasteiger partial charge in [0.1, 0.15) is 0 Å². The van der Waals surface area contributed by atoms with E-state index in [1.54, 1.807) is 0 Å². The zero-order chi connectivity index (χ0) is 12.0. The molecule has 4 nitrogen and oxygen atoms in total. The maximum absolute atomic E-state index is 11.8. The molecule has 0 bridgehead atoms. The molecular weight excluding hydrogens is 202 g/mol. The zero-order valence-electron chi connectivity index (χ0n) is 10.6. The number of nitrogens with zero attached hydrogens (tertiary/aromatic N) is 1. The predicted octanol–water partition coefficient (Wildman–Crippen LogP) is 1.70. The van der Waals surface area contributed by atoms with Crippen LogP contribution in [0.25, 0.3) is 0 Å². The number of rotatable bonds is 4. The third-order valence-corrected chi connectivity index (χ3v) is 3.64. The summed E-state index contributed by atoms with van der Waals surface area (Å²) in [5.41, 5.74) is 5.90. The van der Waals surface area contributed by atoms with Crippen molar-refractivity contribution in [3.05, 3.63) is 0 Å². The number of nitrogens with two attached hydrogens (primary N) is 1. The van der Waals surface area contributed by atoms with Gasteiger partial charge in [0.05, 0.1) is 0 Å². The van der Waals surface area contributed by atoms with Gasteiger partial charge in [0.15, 0.2) is 0 Å². The van der Waals surface area contributed by atoms with Crippen molar-refractivity contribution in [3.8, 4) is 0 Å². The molecule has 0 unspecified atom stereocenters. The zero-order valence-corrected chi connectivity index (χ0v) is 10.6. The van der Waals surface area contributed by atoms with Gasteiger partial charge in [0.2, 0.25) is 0 Å². The van der Waals surface area contributed by atoms with Gasteiger partial charge in [-0.15, -0.1) is 0 Å². The quantitative estimate of drug-likeness (QED) is 0.768. The maximum Gasteiger partial charge on any atom is 0.317 e. The van der Waals surface area contributed by atoms with Gasteiger partial charge >= 0.3 is 6.03 Å². The van der Waals surface area contributed by atoms with Crippen molar-refractivity contribution in [1.82, 2.24) is 10.2 Å². The van der Waals surface area contributed by atoms with E-state index in [4.69, 9.17) is 5.73 Å². The molecule has 1 heterocycles. The normalized spacial score (nSPS) is 17.3. The van der Waals surface area contributed by atoms with E-state index in [0.29, 0.717) is 6.54 Å². The first-order chi connectivity index (χ1) is 7.61. The van der Waals surface area contributed by atoms with Crippen molar-refractivity contribution < 1.29 is 4.79 Å². The number of piperidine rings is 1. The van der Waals surface area contributed by atoms with E-state index >= 15 is 0 Å². The van der Waals surface area contributed by atoms with Crippen molar-refractivity contribution in [2.45, 2.75) is 51.5 Å². The monoisotopic (exact) mass is 227 g/mol. The summed E-state index contributed by atoms with van der Waals surface area (Å²) in [6.07, 6.45) is 5.29. The number of urea groups is 1. The molecule has 0 radical (unpaired) electrons. The summed E-state index contributed by atoms with van der Waals surface area (Å²) in [5.74, 6) is 0. The Labute approximate surface area is 98.6 Å². The molecule has 0 aliphatic carbocycles. The van der Waals surface area contributed by atoms with E-state index in [0.717, 1.165) is 38.8 Å². The van der Waals surface area contributed by atoms with Crippen molar-refractivity contribution in [1.29, 1.82) is 0 Å². The Hall–Kier alpha value is -0.770. The fourth-order valence-electron chi connectivity index (χ4n) is 1.96. The first-order valence-corrected chi connectivity index (χ1v) is 6.43. The van der Waals surface area contributed by atoms with E-state index in [2.05, 4.69) is 19.2 Å². The molecule has 0 saturated carbocycles. The van der Waals surface area contributed by atoms with Gasteiger partial charge in [0, 0.05) is 25.2 Å². The van der Waals surface area contributed by atoms with Crippen LogP contribution in [-0.4, -0.2) is 36.1 Å². The summed E-state index contributed by atoms with van der Waals surface area (Å²) in [5, 5.41) is 2.96. The lowest BCUT2D eigenvalue weighted by molar-refractivity contribution is 0.183. The van der Waals surface area contributed by atoms with Crippen LogP contribution in [0, 0.1) is 0 Å². The summed E-state index contributed by atoms with van der Waals surface area (Å²) >= 11 is 0. The smallest absolute Gasteiger partial charge is 0.317 e. The highest BCUT2D eigenvalue weighted by atomic mass is 16.2.